The summed E-state index contributed by atoms with van der Waals surface area (Å²) in [7, 11) is 0. The van der Waals surface area contributed by atoms with Crippen molar-refractivity contribution < 1.29 is 13.6 Å². The smallest absolute Gasteiger partial charge is 0.322 e. The third-order valence-electron chi connectivity index (χ3n) is 4.53. The molecule has 0 spiro atoms. The number of nitrogens with zero attached hydrogens (tertiary/aromatic N) is 3. The van der Waals surface area contributed by atoms with Gasteiger partial charge in [-0.1, -0.05) is 23.7 Å². The number of halogens is 2. The summed E-state index contributed by atoms with van der Waals surface area (Å²) in [6, 6.07) is 11.2. The molecule has 2 amide bonds. The topological polar surface area (TPSA) is 61.6 Å². The van der Waals surface area contributed by atoms with Gasteiger partial charge in [-0.15, -0.1) is 0 Å². The molecule has 0 saturated carbocycles. The van der Waals surface area contributed by atoms with Gasteiger partial charge in [-0.25, -0.2) is 14.2 Å². The summed E-state index contributed by atoms with van der Waals surface area (Å²) in [5.74, 6) is 0.178. The van der Waals surface area contributed by atoms with Gasteiger partial charge >= 0.3 is 6.03 Å². The first-order valence-corrected chi connectivity index (χ1v) is 9.04. The summed E-state index contributed by atoms with van der Waals surface area (Å²) in [5, 5.41) is 3.24. The number of amides is 2. The fraction of sp³-hybridized carbons (Fsp3) is 0.263. The van der Waals surface area contributed by atoms with E-state index in [0.717, 1.165) is 5.52 Å². The number of rotatable bonds is 3. The highest BCUT2D eigenvalue weighted by Gasteiger charge is 2.23. The number of carbonyl (C=O) groups excluding carboxylic acids is 1. The van der Waals surface area contributed by atoms with Gasteiger partial charge in [0.05, 0.1) is 12.2 Å². The lowest BCUT2D eigenvalue weighted by Gasteiger charge is -2.34. The van der Waals surface area contributed by atoms with Gasteiger partial charge < -0.3 is 14.6 Å². The minimum atomic E-state index is -0.444. The monoisotopic (exact) mass is 388 g/mol. The second kappa shape index (κ2) is 7.54. The van der Waals surface area contributed by atoms with Gasteiger partial charge in [-0.05, 0) is 30.3 Å². The van der Waals surface area contributed by atoms with Crippen molar-refractivity contribution >= 4 is 34.4 Å². The Balaban J connectivity index is 1.33. The SMILES string of the molecule is O=C(Nc1ccccc1F)N1CCN(Cc2nc3cc(Cl)ccc3o2)CC1. The van der Waals surface area contributed by atoms with Gasteiger partial charge in [0.25, 0.3) is 0 Å². The van der Waals surface area contributed by atoms with E-state index in [9.17, 15) is 9.18 Å². The van der Waals surface area contributed by atoms with E-state index in [4.69, 9.17) is 16.0 Å². The number of nitrogens with one attached hydrogen (secondary N) is 1. The van der Waals surface area contributed by atoms with Crippen LogP contribution in [0.5, 0.6) is 0 Å². The Kier molecular flexibility index (Phi) is 4.96. The highest BCUT2D eigenvalue weighted by Crippen LogP contribution is 2.21. The third kappa shape index (κ3) is 4.04. The van der Waals surface area contributed by atoms with Gasteiger partial charge in [0.2, 0.25) is 5.89 Å². The fourth-order valence-corrected chi connectivity index (χ4v) is 3.24. The Bertz CT molecular complexity index is 969. The van der Waals surface area contributed by atoms with Crippen LogP contribution in [0.1, 0.15) is 5.89 Å². The molecule has 8 heteroatoms. The van der Waals surface area contributed by atoms with E-state index in [2.05, 4.69) is 15.2 Å². The Hall–Kier alpha value is -2.64. The molecule has 0 unspecified atom stereocenters. The zero-order valence-electron chi connectivity index (χ0n) is 14.5. The van der Waals surface area contributed by atoms with E-state index in [-0.39, 0.29) is 11.7 Å². The highest BCUT2D eigenvalue weighted by atomic mass is 35.5. The molecular formula is C19H18ClFN4O2. The van der Waals surface area contributed by atoms with Gasteiger partial charge in [-0.2, -0.15) is 0 Å². The van der Waals surface area contributed by atoms with Crippen molar-refractivity contribution in [2.24, 2.45) is 0 Å². The summed E-state index contributed by atoms with van der Waals surface area (Å²) >= 11 is 5.97. The molecule has 0 aliphatic carbocycles. The molecule has 2 heterocycles. The minimum Gasteiger partial charge on any atom is -0.439 e. The van der Waals surface area contributed by atoms with E-state index in [0.29, 0.717) is 49.2 Å². The molecule has 0 radical (unpaired) electrons. The first kappa shape index (κ1) is 17.8. The van der Waals surface area contributed by atoms with Crippen LogP contribution in [0.25, 0.3) is 11.1 Å². The van der Waals surface area contributed by atoms with Crippen LogP contribution in [0.15, 0.2) is 46.9 Å². The molecule has 1 aliphatic rings. The number of hydrogen-bond acceptors (Lipinski definition) is 4. The van der Waals surface area contributed by atoms with Crippen molar-refractivity contribution in [3.8, 4) is 0 Å². The molecule has 3 aromatic rings. The predicted molar refractivity (Wildman–Crippen MR) is 101 cm³/mol. The number of benzene rings is 2. The number of oxazole rings is 1. The maximum atomic E-state index is 13.7. The van der Waals surface area contributed by atoms with Crippen molar-refractivity contribution in [1.29, 1.82) is 0 Å². The van der Waals surface area contributed by atoms with Crippen LogP contribution in [0.4, 0.5) is 14.9 Å². The lowest BCUT2D eigenvalue weighted by Crippen LogP contribution is -2.49. The lowest BCUT2D eigenvalue weighted by atomic mass is 10.3. The standard InChI is InChI=1S/C19H18ClFN4O2/c20-13-5-6-17-16(11-13)22-18(27-17)12-24-7-9-25(10-8-24)19(26)23-15-4-2-1-3-14(15)21/h1-6,11H,7-10,12H2,(H,23,26). The second-order valence-corrected chi connectivity index (χ2v) is 6.83. The first-order valence-electron chi connectivity index (χ1n) is 8.66. The molecule has 140 valence electrons. The minimum absolute atomic E-state index is 0.190. The Morgan fingerprint density at radius 2 is 1.96 bits per heavy atom. The van der Waals surface area contributed by atoms with Crippen LogP contribution in [0.3, 0.4) is 0 Å². The number of carbonyl (C=O) groups is 1. The van der Waals surface area contributed by atoms with Crippen molar-refractivity contribution in [3.05, 3.63) is 59.2 Å². The molecule has 2 aromatic carbocycles. The molecule has 1 aliphatic heterocycles. The molecule has 1 aromatic heterocycles. The molecule has 1 N–H and O–H groups in total. The fourth-order valence-electron chi connectivity index (χ4n) is 3.07. The van der Waals surface area contributed by atoms with Crippen LogP contribution >= 0.6 is 11.6 Å². The number of anilines is 1. The van der Waals surface area contributed by atoms with Gasteiger partial charge in [-0.3, -0.25) is 4.90 Å². The third-order valence-corrected chi connectivity index (χ3v) is 4.76. The molecule has 1 saturated heterocycles. The Morgan fingerprint density at radius 3 is 2.74 bits per heavy atom. The summed E-state index contributed by atoms with van der Waals surface area (Å²) in [6.45, 7) is 3.03. The predicted octanol–water partition coefficient (Wildman–Crippen LogP) is 3.97. The number of hydrogen-bond donors (Lipinski definition) is 1. The van der Waals surface area contributed by atoms with E-state index >= 15 is 0 Å². The zero-order chi connectivity index (χ0) is 18.8. The van der Waals surface area contributed by atoms with Crippen molar-refractivity contribution in [3.63, 3.8) is 0 Å². The second-order valence-electron chi connectivity index (χ2n) is 6.39. The quantitative estimate of drug-likeness (QED) is 0.737. The molecule has 27 heavy (non-hydrogen) atoms. The molecule has 0 bridgehead atoms. The Labute approximate surface area is 160 Å². The first-order chi connectivity index (χ1) is 13.1. The maximum absolute atomic E-state index is 13.7. The summed E-state index contributed by atoms with van der Waals surface area (Å²) < 4.78 is 19.4. The van der Waals surface area contributed by atoms with Gasteiger partial charge in [0.15, 0.2) is 5.58 Å². The van der Waals surface area contributed by atoms with Gasteiger partial charge in [0, 0.05) is 31.2 Å². The van der Waals surface area contributed by atoms with Crippen LogP contribution in [-0.4, -0.2) is 47.0 Å². The summed E-state index contributed by atoms with van der Waals surface area (Å²) in [4.78, 5) is 20.6. The molecule has 1 fully saturated rings. The van der Waals surface area contributed by atoms with Crippen LogP contribution in [-0.2, 0) is 6.54 Å². The maximum Gasteiger partial charge on any atom is 0.322 e. The average molecular weight is 389 g/mol. The van der Waals surface area contributed by atoms with Crippen molar-refractivity contribution in [2.45, 2.75) is 6.54 Å². The van der Waals surface area contributed by atoms with E-state index < -0.39 is 5.82 Å². The number of para-hydroxylation sites is 1. The van der Waals surface area contributed by atoms with Crippen LogP contribution in [0.2, 0.25) is 5.02 Å². The van der Waals surface area contributed by atoms with Crippen molar-refractivity contribution in [2.75, 3.05) is 31.5 Å². The largest absolute Gasteiger partial charge is 0.439 e. The number of urea groups is 1. The summed E-state index contributed by atoms with van der Waals surface area (Å²) in [6.07, 6.45) is 0. The number of piperazine rings is 1. The molecule has 4 rings (SSSR count). The van der Waals surface area contributed by atoms with E-state index in [1.807, 2.05) is 0 Å². The zero-order valence-corrected chi connectivity index (χ0v) is 15.2. The average Bonchev–Trinajstić information content (AvgIpc) is 3.05. The lowest BCUT2D eigenvalue weighted by molar-refractivity contribution is 0.136. The highest BCUT2D eigenvalue weighted by molar-refractivity contribution is 6.31. The van der Waals surface area contributed by atoms with Crippen LogP contribution < -0.4 is 5.32 Å². The van der Waals surface area contributed by atoms with E-state index in [1.54, 1.807) is 41.3 Å². The van der Waals surface area contributed by atoms with E-state index in [1.165, 1.54) is 6.07 Å². The molecule has 0 atom stereocenters. The normalized spacial score (nSPS) is 15.3. The van der Waals surface area contributed by atoms with Gasteiger partial charge in [0.1, 0.15) is 11.3 Å². The number of fused-ring (bicyclic) bond motifs is 1. The number of aromatic nitrogens is 1. The van der Waals surface area contributed by atoms with Crippen LogP contribution in [0, 0.1) is 5.82 Å². The summed E-state index contributed by atoms with van der Waals surface area (Å²) in [5.41, 5.74) is 1.63. The van der Waals surface area contributed by atoms with Crippen molar-refractivity contribution in [1.82, 2.24) is 14.8 Å². The molecule has 6 nitrogen and oxygen atoms in total. The molecular weight excluding hydrogens is 371 g/mol. The Morgan fingerprint density at radius 1 is 1.19 bits per heavy atom.